The molecule has 2 aromatic rings. The van der Waals surface area contributed by atoms with Crippen molar-refractivity contribution < 1.29 is 19.4 Å². The molecule has 3 rings (SSSR count). The number of hydrogen-bond donors (Lipinski definition) is 2. The molecule has 1 aromatic carbocycles. The number of benzene rings is 1. The van der Waals surface area contributed by atoms with E-state index in [-0.39, 0.29) is 12.3 Å². The van der Waals surface area contributed by atoms with Crippen molar-refractivity contribution in [2.45, 2.75) is 26.4 Å². The fourth-order valence-electron chi connectivity index (χ4n) is 3.05. The topological polar surface area (TPSA) is 82.6 Å². The third-order valence-electron chi connectivity index (χ3n) is 4.40. The normalized spacial score (nSPS) is 18.3. The quantitative estimate of drug-likeness (QED) is 0.908. The summed E-state index contributed by atoms with van der Waals surface area (Å²) < 4.78 is 5.43. The molecule has 0 radical (unpaired) electrons. The highest BCUT2D eigenvalue weighted by atomic mass is 16.5. The molecule has 1 fully saturated rings. The van der Waals surface area contributed by atoms with E-state index in [0.717, 1.165) is 22.2 Å². The summed E-state index contributed by atoms with van der Waals surface area (Å²) in [5.74, 6) is -1.00. The lowest BCUT2D eigenvalue weighted by molar-refractivity contribution is -0.141. The Morgan fingerprint density at radius 3 is 2.91 bits per heavy atom. The van der Waals surface area contributed by atoms with Gasteiger partial charge in [-0.15, -0.1) is 0 Å². The van der Waals surface area contributed by atoms with Gasteiger partial charge in [0, 0.05) is 24.2 Å². The second-order valence-electron chi connectivity index (χ2n) is 5.94. The fraction of sp³-hybridized carbons (Fsp3) is 0.412. The van der Waals surface area contributed by atoms with Gasteiger partial charge in [-0.05, 0) is 25.5 Å². The van der Waals surface area contributed by atoms with Gasteiger partial charge in [-0.25, -0.2) is 0 Å². The van der Waals surface area contributed by atoms with Gasteiger partial charge in [-0.2, -0.15) is 0 Å². The number of aryl methyl sites for hydroxylation is 2. The summed E-state index contributed by atoms with van der Waals surface area (Å²) in [6, 6.07) is 5.68. The number of nitrogens with zero attached hydrogens (tertiary/aromatic N) is 1. The molecule has 6 heteroatoms. The summed E-state index contributed by atoms with van der Waals surface area (Å²) in [5, 5.41) is 9.94. The Hall–Kier alpha value is -2.34. The minimum Gasteiger partial charge on any atom is -0.481 e. The summed E-state index contributed by atoms with van der Waals surface area (Å²) in [7, 11) is 0. The number of aliphatic carboxylic acids is 1. The molecule has 122 valence electrons. The molecule has 1 aliphatic rings. The minimum atomic E-state index is -0.915. The molecule has 0 aliphatic carbocycles. The maximum atomic E-state index is 12.9. The molecule has 23 heavy (non-hydrogen) atoms. The number of fused-ring (bicyclic) bond motifs is 1. The molecule has 1 saturated heterocycles. The van der Waals surface area contributed by atoms with E-state index in [1.807, 2.05) is 32.0 Å². The SMILES string of the molecule is Cc1[nH]c2c(C(=O)N3CCO[C@H](CC(=O)O)C3)cccc2c1C. The maximum absolute atomic E-state index is 12.9. The molecule has 2 heterocycles. The lowest BCUT2D eigenvalue weighted by Crippen LogP contribution is -2.46. The molecular formula is C17H20N2O4. The minimum absolute atomic E-state index is 0.0875. The number of hydrogen-bond acceptors (Lipinski definition) is 3. The fourth-order valence-corrected chi connectivity index (χ4v) is 3.05. The van der Waals surface area contributed by atoms with Crippen LogP contribution >= 0.6 is 0 Å². The number of carbonyl (C=O) groups excluding carboxylic acids is 1. The lowest BCUT2D eigenvalue weighted by Gasteiger charge is -2.32. The van der Waals surface area contributed by atoms with E-state index in [0.29, 0.717) is 25.3 Å². The number of aromatic nitrogens is 1. The van der Waals surface area contributed by atoms with E-state index >= 15 is 0 Å². The van der Waals surface area contributed by atoms with Crippen LogP contribution in [0.4, 0.5) is 0 Å². The predicted molar refractivity (Wildman–Crippen MR) is 85.7 cm³/mol. The first-order chi connectivity index (χ1) is 11.0. The van der Waals surface area contributed by atoms with Crippen LogP contribution in [0.1, 0.15) is 28.0 Å². The van der Waals surface area contributed by atoms with Gasteiger partial charge < -0.3 is 19.7 Å². The van der Waals surface area contributed by atoms with Crippen molar-refractivity contribution in [3.63, 3.8) is 0 Å². The average Bonchev–Trinajstić information content (AvgIpc) is 2.81. The first kappa shape index (κ1) is 15.6. The number of carbonyl (C=O) groups is 2. The van der Waals surface area contributed by atoms with Crippen LogP contribution in [0.5, 0.6) is 0 Å². The summed E-state index contributed by atoms with van der Waals surface area (Å²) in [4.78, 5) is 28.7. The molecule has 2 N–H and O–H groups in total. The molecule has 0 spiro atoms. The predicted octanol–water partition coefficient (Wildman–Crippen LogP) is 2.10. The van der Waals surface area contributed by atoms with Crippen LogP contribution in [-0.2, 0) is 9.53 Å². The van der Waals surface area contributed by atoms with Crippen LogP contribution in [0.25, 0.3) is 10.9 Å². The second-order valence-corrected chi connectivity index (χ2v) is 5.94. The zero-order chi connectivity index (χ0) is 16.6. The molecule has 0 saturated carbocycles. The number of carboxylic acids is 1. The number of amides is 1. The van der Waals surface area contributed by atoms with Crippen molar-refractivity contribution in [1.29, 1.82) is 0 Å². The molecular weight excluding hydrogens is 296 g/mol. The summed E-state index contributed by atoms with van der Waals surface area (Å²) >= 11 is 0. The van der Waals surface area contributed by atoms with Crippen molar-refractivity contribution >= 4 is 22.8 Å². The Morgan fingerprint density at radius 1 is 1.39 bits per heavy atom. The van der Waals surface area contributed by atoms with Gasteiger partial charge in [0.05, 0.1) is 30.2 Å². The van der Waals surface area contributed by atoms with Crippen LogP contribution in [0, 0.1) is 13.8 Å². The van der Waals surface area contributed by atoms with Gasteiger partial charge in [0.1, 0.15) is 0 Å². The summed E-state index contributed by atoms with van der Waals surface area (Å²) in [6.45, 7) is 5.16. The van der Waals surface area contributed by atoms with Crippen LogP contribution < -0.4 is 0 Å². The molecule has 1 atom stereocenters. The standard InChI is InChI=1S/C17H20N2O4/c1-10-11(2)18-16-13(10)4-3-5-14(16)17(22)19-6-7-23-12(9-19)8-15(20)21/h3-5,12,18H,6-9H2,1-2H3,(H,20,21)/t12-/m1/s1. The van der Waals surface area contributed by atoms with Crippen LogP contribution in [0.2, 0.25) is 0 Å². The Labute approximate surface area is 134 Å². The zero-order valence-electron chi connectivity index (χ0n) is 13.3. The Kier molecular flexibility index (Phi) is 4.09. The van der Waals surface area contributed by atoms with Gasteiger partial charge >= 0.3 is 5.97 Å². The van der Waals surface area contributed by atoms with E-state index in [1.165, 1.54) is 0 Å². The van der Waals surface area contributed by atoms with Crippen LogP contribution in [0.15, 0.2) is 18.2 Å². The number of rotatable bonds is 3. The Morgan fingerprint density at radius 2 is 2.17 bits per heavy atom. The van der Waals surface area contributed by atoms with E-state index in [9.17, 15) is 9.59 Å². The summed E-state index contributed by atoms with van der Waals surface area (Å²) in [5.41, 5.74) is 3.65. The van der Waals surface area contributed by atoms with Crippen molar-refractivity contribution in [2.75, 3.05) is 19.7 Å². The molecule has 0 unspecified atom stereocenters. The number of morpholine rings is 1. The first-order valence-electron chi connectivity index (χ1n) is 7.68. The first-order valence-corrected chi connectivity index (χ1v) is 7.68. The van der Waals surface area contributed by atoms with E-state index in [1.54, 1.807) is 4.90 Å². The third-order valence-corrected chi connectivity index (χ3v) is 4.40. The lowest BCUT2D eigenvalue weighted by atomic mass is 10.1. The van der Waals surface area contributed by atoms with Crippen molar-refractivity contribution in [3.8, 4) is 0 Å². The highest BCUT2D eigenvalue weighted by Crippen LogP contribution is 2.25. The van der Waals surface area contributed by atoms with Gasteiger partial charge in [0.25, 0.3) is 5.91 Å². The van der Waals surface area contributed by atoms with Gasteiger partial charge in [-0.3, -0.25) is 9.59 Å². The maximum Gasteiger partial charge on any atom is 0.306 e. The van der Waals surface area contributed by atoms with Crippen LogP contribution in [0.3, 0.4) is 0 Å². The van der Waals surface area contributed by atoms with Gasteiger partial charge in [-0.1, -0.05) is 12.1 Å². The molecule has 1 amide bonds. The number of aromatic amines is 1. The third kappa shape index (κ3) is 2.94. The van der Waals surface area contributed by atoms with E-state index in [2.05, 4.69) is 4.98 Å². The monoisotopic (exact) mass is 316 g/mol. The van der Waals surface area contributed by atoms with Gasteiger partial charge in [0.2, 0.25) is 0 Å². The average molecular weight is 316 g/mol. The zero-order valence-corrected chi connectivity index (χ0v) is 13.3. The highest BCUT2D eigenvalue weighted by Gasteiger charge is 2.27. The molecule has 6 nitrogen and oxygen atoms in total. The van der Waals surface area contributed by atoms with Crippen LogP contribution in [-0.4, -0.2) is 52.7 Å². The Bertz CT molecular complexity index is 765. The summed E-state index contributed by atoms with van der Waals surface area (Å²) in [6.07, 6.45) is -0.536. The molecule has 0 bridgehead atoms. The highest BCUT2D eigenvalue weighted by molar-refractivity contribution is 6.06. The van der Waals surface area contributed by atoms with Crippen molar-refractivity contribution in [3.05, 3.63) is 35.0 Å². The smallest absolute Gasteiger partial charge is 0.306 e. The number of nitrogens with one attached hydrogen (secondary N) is 1. The molecule has 1 aliphatic heterocycles. The van der Waals surface area contributed by atoms with E-state index in [4.69, 9.17) is 9.84 Å². The number of carboxylic acid groups (broad SMARTS) is 1. The Balaban J connectivity index is 1.88. The number of H-pyrrole nitrogens is 1. The number of ether oxygens (including phenoxy) is 1. The van der Waals surface area contributed by atoms with Gasteiger partial charge in [0.15, 0.2) is 0 Å². The van der Waals surface area contributed by atoms with E-state index < -0.39 is 12.1 Å². The largest absolute Gasteiger partial charge is 0.481 e. The van der Waals surface area contributed by atoms with Crippen molar-refractivity contribution in [2.24, 2.45) is 0 Å². The van der Waals surface area contributed by atoms with Crippen molar-refractivity contribution in [1.82, 2.24) is 9.88 Å². The molecule has 1 aromatic heterocycles. The second kappa shape index (κ2) is 6.04. The number of para-hydroxylation sites is 1.